The molecular weight excluding hydrogens is 442 g/mol. The van der Waals surface area contributed by atoms with Gasteiger partial charge in [0.05, 0.1) is 0 Å². The topological polar surface area (TPSA) is 67.2 Å². The van der Waals surface area contributed by atoms with Crippen molar-refractivity contribution in [3.8, 4) is 0 Å². The molecule has 32 heavy (non-hydrogen) atoms. The van der Waals surface area contributed by atoms with E-state index in [9.17, 15) is 4.79 Å². The van der Waals surface area contributed by atoms with Crippen LogP contribution in [0, 0.1) is 20.8 Å². The summed E-state index contributed by atoms with van der Waals surface area (Å²) in [5.74, 6) is 0.354. The smallest absolute Gasteiger partial charge is 0.257 e. The van der Waals surface area contributed by atoms with Gasteiger partial charge < -0.3 is 9.73 Å². The lowest BCUT2D eigenvalue weighted by Gasteiger charge is -2.10. The summed E-state index contributed by atoms with van der Waals surface area (Å²) < 4.78 is 5.90. The molecule has 0 saturated heterocycles. The van der Waals surface area contributed by atoms with Crippen molar-refractivity contribution in [2.45, 2.75) is 27.2 Å². The van der Waals surface area contributed by atoms with Crippen LogP contribution in [0.1, 0.15) is 38.5 Å². The van der Waals surface area contributed by atoms with Crippen LogP contribution in [0.4, 0.5) is 5.69 Å². The molecule has 1 amide bonds. The van der Waals surface area contributed by atoms with Crippen molar-refractivity contribution in [1.29, 1.82) is 0 Å². The number of hydrogen-bond acceptors (Lipinski definition) is 4. The largest absolute Gasteiger partial charge is 0.440 e. The molecule has 0 fully saturated rings. The van der Waals surface area contributed by atoms with Gasteiger partial charge in [0, 0.05) is 22.7 Å². The van der Waals surface area contributed by atoms with E-state index in [4.69, 9.17) is 28.2 Å². The summed E-state index contributed by atoms with van der Waals surface area (Å²) in [5, 5.41) is 6.44. The number of benzene rings is 3. The summed E-state index contributed by atoms with van der Waals surface area (Å²) in [6, 6.07) is 16.9. The Bertz CT molecular complexity index is 1290. The maximum Gasteiger partial charge on any atom is 0.257 e. The molecule has 162 valence electrons. The highest BCUT2D eigenvalue weighted by Crippen LogP contribution is 2.22. The van der Waals surface area contributed by atoms with E-state index >= 15 is 0 Å². The van der Waals surface area contributed by atoms with Crippen LogP contribution in [0.15, 0.2) is 59.0 Å². The number of nitrogens with one attached hydrogen (secondary N) is 2. The predicted molar refractivity (Wildman–Crippen MR) is 133 cm³/mol. The Morgan fingerprint density at radius 2 is 1.72 bits per heavy atom. The number of carbonyl (C=O) groups is 1. The molecule has 0 atom stereocenters. The van der Waals surface area contributed by atoms with E-state index < -0.39 is 0 Å². The van der Waals surface area contributed by atoms with Gasteiger partial charge in [0.1, 0.15) is 5.52 Å². The minimum Gasteiger partial charge on any atom is -0.440 e. The Morgan fingerprint density at radius 1 is 1.00 bits per heavy atom. The molecule has 7 heteroatoms. The van der Waals surface area contributed by atoms with Gasteiger partial charge in [-0.3, -0.25) is 10.1 Å². The Balaban J connectivity index is 1.37. The van der Waals surface area contributed by atoms with Gasteiger partial charge in [-0.15, -0.1) is 0 Å². The molecule has 0 saturated carbocycles. The highest BCUT2D eigenvalue weighted by atomic mass is 35.5. The first-order valence-corrected chi connectivity index (χ1v) is 10.9. The summed E-state index contributed by atoms with van der Waals surface area (Å²) >= 11 is 11.4. The highest BCUT2D eigenvalue weighted by Gasteiger charge is 2.11. The molecule has 0 aliphatic rings. The van der Waals surface area contributed by atoms with E-state index in [2.05, 4.69) is 29.5 Å². The maximum atomic E-state index is 12.4. The number of rotatable bonds is 4. The van der Waals surface area contributed by atoms with E-state index in [1.165, 1.54) is 11.1 Å². The van der Waals surface area contributed by atoms with Crippen molar-refractivity contribution in [2.24, 2.45) is 0 Å². The summed E-state index contributed by atoms with van der Waals surface area (Å²) in [6.45, 7) is 6.01. The Labute approximate surface area is 196 Å². The molecular formula is C25H22ClN3O2S. The number of halogens is 1. The first-order valence-electron chi connectivity index (χ1n) is 10.1. The number of oxazole rings is 1. The van der Waals surface area contributed by atoms with Crippen molar-refractivity contribution in [1.82, 2.24) is 10.3 Å². The van der Waals surface area contributed by atoms with Crippen LogP contribution >= 0.6 is 23.8 Å². The maximum absolute atomic E-state index is 12.4. The minimum absolute atomic E-state index is 0.212. The second kappa shape index (κ2) is 9.10. The van der Waals surface area contributed by atoms with Gasteiger partial charge in [-0.1, -0.05) is 29.8 Å². The number of nitrogens with zero attached hydrogens (tertiary/aromatic N) is 1. The van der Waals surface area contributed by atoms with Crippen LogP contribution in [0.5, 0.6) is 0 Å². The minimum atomic E-state index is -0.317. The number of carbonyl (C=O) groups excluding carboxylic acids is 1. The van der Waals surface area contributed by atoms with Crippen LogP contribution in [0.3, 0.4) is 0 Å². The molecule has 2 N–H and O–H groups in total. The van der Waals surface area contributed by atoms with Gasteiger partial charge in [-0.2, -0.15) is 0 Å². The summed E-state index contributed by atoms with van der Waals surface area (Å²) in [5.41, 5.74) is 7.24. The zero-order valence-corrected chi connectivity index (χ0v) is 19.5. The molecule has 5 nitrogen and oxygen atoms in total. The molecule has 0 unspecified atom stereocenters. The van der Waals surface area contributed by atoms with Gasteiger partial charge >= 0.3 is 0 Å². The lowest BCUT2D eigenvalue weighted by atomic mass is 10.1. The monoisotopic (exact) mass is 463 g/mol. The fraction of sp³-hybridized carbons (Fsp3) is 0.160. The molecule has 0 aliphatic heterocycles. The molecule has 4 rings (SSSR count). The average molecular weight is 464 g/mol. The van der Waals surface area contributed by atoms with E-state index in [0.717, 1.165) is 27.9 Å². The van der Waals surface area contributed by atoms with Crippen molar-refractivity contribution in [2.75, 3.05) is 5.32 Å². The van der Waals surface area contributed by atoms with Crippen molar-refractivity contribution in [3.63, 3.8) is 0 Å². The lowest BCUT2D eigenvalue weighted by molar-refractivity contribution is 0.0977. The van der Waals surface area contributed by atoms with Gasteiger partial charge in [0.25, 0.3) is 5.91 Å². The van der Waals surface area contributed by atoms with Gasteiger partial charge in [0.15, 0.2) is 16.6 Å². The Morgan fingerprint density at radius 3 is 2.44 bits per heavy atom. The van der Waals surface area contributed by atoms with E-state index in [1.54, 1.807) is 18.2 Å². The molecule has 0 bridgehead atoms. The Kier molecular flexibility index (Phi) is 6.26. The number of aromatic nitrogens is 1. The number of fused-ring (bicyclic) bond motifs is 1. The second-order valence-electron chi connectivity index (χ2n) is 7.76. The zero-order valence-electron chi connectivity index (χ0n) is 18.0. The Hall–Kier alpha value is -3.22. The van der Waals surface area contributed by atoms with Crippen molar-refractivity contribution >= 4 is 51.6 Å². The molecule has 0 radical (unpaired) electrons. The molecule has 0 aliphatic carbocycles. The lowest BCUT2D eigenvalue weighted by Crippen LogP contribution is -2.34. The van der Waals surface area contributed by atoms with Gasteiger partial charge in [-0.25, -0.2) is 4.98 Å². The predicted octanol–water partition coefficient (Wildman–Crippen LogP) is 6.12. The third kappa shape index (κ3) is 4.98. The standard InChI is InChI=1S/C25H22ClN3O2S/c1-14-4-7-18(13-20(14)26)24(30)29-25(32)27-19-8-5-17(6-9-19)12-23-28-21-10-15(2)16(3)11-22(21)31-23/h4-11,13H,12H2,1-3H3,(H2,27,29,30,32). The fourth-order valence-electron chi connectivity index (χ4n) is 3.26. The normalized spacial score (nSPS) is 10.9. The molecule has 1 heterocycles. The third-order valence-corrected chi connectivity index (χ3v) is 5.89. The van der Waals surface area contributed by atoms with Crippen LogP contribution in [-0.2, 0) is 6.42 Å². The van der Waals surface area contributed by atoms with Crippen LogP contribution < -0.4 is 10.6 Å². The zero-order chi connectivity index (χ0) is 22.8. The number of thiocarbonyl (C=S) groups is 1. The molecule has 4 aromatic rings. The third-order valence-electron chi connectivity index (χ3n) is 5.28. The molecule has 3 aromatic carbocycles. The van der Waals surface area contributed by atoms with Crippen LogP contribution in [0.2, 0.25) is 5.02 Å². The second-order valence-corrected chi connectivity index (χ2v) is 8.57. The number of aryl methyl sites for hydroxylation is 3. The first kappa shape index (κ1) is 22.0. The average Bonchev–Trinajstić information content (AvgIpc) is 3.12. The SMILES string of the molecule is Cc1cc2nc(Cc3ccc(NC(=S)NC(=O)c4ccc(C)c(Cl)c4)cc3)oc2cc1C. The summed E-state index contributed by atoms with van der Waals surface area (Å²) in [6.07, 6.45) is 0.586. The van der Waals surface area contributed by atoms with E-state index in [-0.39, 0.29) is 11.0 Å². The first-order chi connectivity index (χ1) is 15.3. The molecule has 1 aromatic heterocycles. The van der Waals surface area contributed by atoms with Gasteiger partial charge in [-0.05, 0) is 91.6 Å². The summed E-state index contributed by atoms with van der Waals surface area (Å²) in [7, 11) is 0. The summed E-state index contributed by atoms with van der Waals surface area (Å²) in [4.78, 5) is 17.0. The van der Waals surface area contributed by atoms with Crippen LogP contribution in [-0.4, -0.2) is 16.0 Å². The van der Waals surface area contributed by atoms with Crippen molar-refractivity contribution in [3.05, 3.63) is 93.3 Å². The van der Waals surface area contributed by atoms with E-state index in [0.29, 0.717) is 22.9 Å². The van der Waals surface area contributed by atoms with E-state index in [1.807, 2.05) is 43.3 Å². The van der Waals surface area contributed by atoms with Crippen molar-refractivity contribution < 1.29 is 9.21 Å². The molecule has 0 spiro atoms. The van der Waals surface area contributed by atoms with Crippen LogP contribution in [0.25, 0.3) is 11.1 Å². The number of amides is 1. The number of anilines is 1. The fourth-order valence-corrected chi connectivity index (χ4v) is 3.65. The highest BCUT2D eigenvalue weighted by molar-refractivity contribution is 7.80. The number of hydrogen-bond donors (Lipinski definition) is 2. The van der Waals surface area contributed by atoms with Gasteiger partial charge in [0.2, 0.25) is 0 Å². The quantitative estimate of drug-likeness (QED) is 0.356.